The highest BCUT2D eigenvalue weighted by molar-refractivity contribution is 5.47. The topological polar surface area (TPSA) is 73.1 Å². The first kappa shape index (κ1) is 12.1. The Kier molecular flexibility index (Phi) is 3.47. The van der Waals surface area contributed by atoms with E-state index in [9.17, 15) is 0 Å². The highest BCUT2D eigenvalue weighted by atomic mass is 16.5. The fourth-order valence-corrected chi connectivity index (χ4v) is 2.22. The van der Waals surface area contributed by atoms with Crippen LogP contribution >= 0.6 is 0 Å². The Labute approximate surface area is 102 Å². The zero-order valence-electron chi connectivity index (χ0n) is 10.5. The molecular formula is C12H20N4O. The molecule has 5 nitrogen and oxygen atoms in total. The van der Waals surface area contributed by atoms with Crippen molar-refractivity contribution in [1.82, 2.24) is 9.97 Å². The van der Waals surface area contributed by atoms with Crippen LogP contribution < -0.4 is 11.1 Å². The maximum absolute atomic E-state index is 5.76. The summed E-state index contributed by atoms with van der Waals surface area (Å²) in [5.74, 6) is 1.92. The summed E-state index contributed by atoms with van der Waals surface area (Å²) in [6.45, 7) is 2.59. The minimum absolute atomic E-state index is 0.213. The number of nitrogens with one attached hydrogen (secondary N) is 1. The van der Waals surface area contributed by atoms with Gasteiger partial charge in [0.05, 0.1) is 0 Å². The van der Waals surface area contributed by atoms with Gasteiger partial charge in [0.15, 0.2) is 5.82 Å². The molecule has 1 heterocycles. The van der Waals surface area contributed by atoms with E-state index in [1.54, 1.807) is 13.2 Å². The van der Waals surface area contributed by atoms with Crippen molar-refractivity contribution in [3.63, 3.8) is 0 Å². The van der Waals surface area contributed by atoms with Crippen molar-refractivity contribution in [2.45, 2.75) is 44.8 Å². The normalized spacial score (nSPS) is 17.5. The first-order chi connectivity index (χ1) is 8.17. The quantitative estimate of drug-likeness (QED) is 0.817. The van der Waals surface area contributed by atoms with Crippen molar-refractivity contribution in [2.75, 3.05) is 18.2 Å². The monoisotopic (exact) mass is 236 g/mol. The molecule has 0 unspecified atom stereocenters. The SMILES string of the molecule is CCC1(Nc2cc(N)nc(COC)n2)CCC1. The van der Waals surface area contributed by atoms with Crippen LogP contribution in [-0.2, 0) is 11.3 Å². The lowest BCUT2D eigenvalue weighted by atomic mass is 9.75. The van der Waals surface area contributed by atoms with Crippen molar-refractivity contribution in [1.29, 1.82) is 0 Å². The molecule has 1 fully saturated rings. The lowest BCUT2D eigenvalue weighted by molar-refractivity contribution is 0.178. The van der Waals surface area contributed by atoms with Gasteiger partial charge < -0.3 is 15.8 Å². The molecule has 0 saturated heterocycles. The van der Waals surface area contributed by atoms with Crippen LogP contribution in [-0.4, -0.2) is 22.6 Å². The molecule has 2 rings (SSSR count). The molecule has 94 valence electrons. The number of nitrogens with two attached hydrogens (primary N) is 1. The summed E-state index contributed by atoms with van der Waals surface area (Å²) >= 11 is 0. The zero-order valence-corrected chi connectivity index (χ0v) is 10.5. The van der Waals surface area contributed by atoms with Gasteiger partial charge in [-0.1, -0.05) is 6.92 Å². The predicted molar refractivity (Wildman–Crippen MR) is 67.7 cm³/mol. The summed E-state index contributed by atoms with van der Waals surface area (Å²) in [4.78, 5) is 8.54. The molecule has 1 saturated carbocycles. The van der Waals surface area contributed by atoms with Gasteiger partial charge in [0.2, 0.25) is 0 Å². The molecule has 3 N–H and O–H groups in total. The summed E-state index contributed by atoms with van der Waals surface area (Å²) in [7, 11) is 1.62. The Hall–Kier alpha value is -1.36. The Morgan fingerprint density at radius 3 is 2.76 bits per heavy atom. The molecule has 1 aromatic rings. The maximum Gasteiger partial charge on any atom is 0.158 e. The average Bonchev–Trinajstić information content (AvgIpc) is 2.23. The first-order valence-corrected chi connectivity index (χ1v) is 6.08. The molecule has 0 atom stereocenters. The van der Waals surface area contributed by atoms with Gasteiger partial charge in [-0.15, -0.1) is 0 Å². The summed E-state index contributed by atoms with van der Waals surface area (Å²) in [6.07, 6.45) is 4.79. The van der Waals surface area contributed by atoms with E-state index in [-0.39, 0.29) is 5.54 Å². The molecule has 1 aliphatic carbocycles. The molecule has 0 bridgehead atoms. The molecule has 0 amide bonds. The van der Waals surface area contributed by atoms with Crippen LogP contribution in [0.25, 0.3) is 0 Å². The van der Waals surface area contributed by atoms with Crippen molar-refractivity contribution < 1.29 is 4.74 Å². The lowest BCUT2D eigenvalue weighted by Crippen LogP contribution is -2.44. The highest BCUT2D eigenvalue weighted by Gasteiger charge is 2.35. The average molecular weight is 236 g/mol. The largest absolute Gasteiger partial charge is 0.384 e. The van der Waals surface area contributed by atoms with Gasteiger partial charge in [-0.05, 0) is 25.7 Å². The summed E-state index contributed by atoms with van der Waals surface area (Å²) in [5.41, 5.74) is 5.98. The van der Waals surface area contributed by atoms with Crippen LogP contribution in [0.5, 0.6) is 0 Å². The zero-order chi connectivity index (χ0) is 12.3. The summed E-state index contributed by atoms with van der Waals surface area (Å²) < 4.78 is 5.03. The minimum atomic E-state index is 0.213. The highest BCUT2D eigenvalue weighted by Crippen LogP contribution is 2.37. The summed E-state index contributed by atoms with van der Waals surface area (Å²) in [6, 6.07) is 1.79. The molecule has 1 aliphatic rings. The lowest BCUT2D eigenvalue weighted by Gasteiger charge is -2.42. The van der Waals surface area contributed by atoms with Gasteiger partial charge in [0.25, 0.3) is 0 Å². The van der Waals surface area contributed by atoms with Gasteiger partial charge in [-0.3, -0.25) is 0 Å². The fourth-order valence-electron chi connectivity index (χ4n) is 2.22. The van der Waals surface area contributed by atoms with Crippen molar-refractivity contribution >= 4 is 11.6 Å². The Morgan fingerprint density at radius 1 is 1.47 bits per heavy atom. The third kappa shape index (κ3) is 2.66. The fraction of sp³-hybridized carbons (Fsp3) is 0.667. The Bertz CT molecular complexity index is 385. The van der Waals surface area contributed by atoms with E-state index >= 15 is 0 Å². The number of ether oxygens (including phenoxy) is 1. The van der Waals surface area contributed by atoms with Gasteiger partial charge in [0.1, 0.15) is 18.2 Å². The molecule has 0 radical (unpaired) electrons. The van der Waals surface area contributed by atoms with E-state index in [1.807, 2.05) is 0 Å². The number of aromatic nitrogens is 2. The van der Waals surface area contributed by atoms with E-state index in [2.05, 4.69) is 22.2 Å². The number of rotatable bonds is 5. The van der Waals surface area contributed by atoms with E-state index in [1.165, 1.54) is 19.3 Å². The van der Waals surface area contributed by atoms with Crippen molar-refractivity contribution in [3.05, 3.63) is 11.9 Å². The third-order valence-electron chi connectivity index (χ3n) is 3.45. The van der Waals surface area contributed by atoms with Crippen LogP contribution in [0.3, 0.4) is 0 Å². The van der Waals surface area contributed by atoms with Crippen LogP contribution in [0.1, 0.15) is 38.4 Å². The molecular weight excluding hydrogens is 216 g/mol. The molecule has 0 aromatic carbocycles. The van der Waals surface area contributed by atoms with Gasteiger partial charge in [0, 0.05) is 18.7 Å². The second-order valence-electron chi connectivity index (χ2n) is 4.64. The van der Waals surface area contributed by atoms with Crippen LogP contribution in [0, 0.1) is 0 Å². The Morgan fingerprint density at radius 2 is 2.24 bits per heavy atom. The standard InChI is InChI=1S/C12H20N4O/c1-3-12(5-4-6-12)16-10-7-9(13)14-11(15-10)8-17-2/h7H,3-6,8H2,1-2H3,(H3,13,14,15,16). The minimum Gasteiger partial charge on any atom is -0.384 e. The number of hydrogen-bond donors (Lipinski definition) is 2. The third-order valence-corrected chi connectivity index (χ3v) is 3.45. The first-order valence-electron chi connectivity index (χ1n) is 6.08. The molecule has 17 heavy (non-hydrogen) atoms. The van der Waals surface area contributed by atoms with Crippen molar-refractivity contribution in [3.8, 4) is 0 Å². The second-order valence-corrected chi connectivity index (χ2v) is 4.64. The van der Waals surface area contributed by atoms with Crippen LogP contribution in [0.2, 0.25) is 0 Å². The van der Waals surface area contributed by atoms with Crippen LogP contribution in [0.4, 0.5) is 11.6 Å². The number of hydrogen-bond acceptors (Lipinski definition) is 5. The predicted octanol–water partition coefficient (Wildman–Crippen LogP) is 1.95. The van der Waals surface area contributed by atoms with Gasteiger partial charge in [-0.25, -0.2) is 9.97 Å². The molecule has 0 spiro atoms. The number of nitrogen functional groups attached to an aromatic ring is 1. The molecule has 0 aliphatic heterocycles. The second kappa shape index (κ2) is 4.87. The smallest absolute Gasteiger partial charge is 0.158 e. The van der Waals surface area contributed by atoms with E-state index < -0.39 is 0 Å². The molecule has 5 heteroatoms. The van der Waals surface area contributed by atoms with E-state index in [0.29, 0.717) is 18.2 Å². The summed E-state index contributed by atoms with van der Waals surface area (Å²) in [5, 5.41) is 3.49. The Balaban J connectivity index is 2.14. The maximum atomic E-state index is 5.76. The van der Waals surface area contributed by atoms with Crippen LogP contribution in [0.15, 0.2) is 6.07 Å². The van der Waals surface area contributed by atoms with E-state index in [0.717, 1.165) is 12.2 Å². The number of methoxy groups -OCH3 is 1. The van der Waals surface area contributed by atoms with Gasteiger partial charge in [-0.2, -0.15) is 0 Å². The van der Waals surface area contributed by atoms with Gasteiger partial charge >= 0.3 is 0 Å². The number of anilines is 2. The number of nitrogens with zero attached hydrogens (tertiary/aromatic N) is 2. The van der Waals surface area contributed by atoms with E-state index in [4.69, 9.17) is 10.5 Å². The molecule has 1 aromatic heterocycles. The van der Waals surface area contributed by atoms with Crippen molar-refractivity contribution in [2.24, 2.45) is 0 Å².